The van der Waals surface area contributed by atoms with Gasteiger partial charge in [-0.2, -0.15) is 0 Å². The van der Waals surface area contributed by atoms with Gasteiger partial charge < -0.3 is 20.3 Å². The van der Waals surface area contributed by atoms with E-state index in [0.717, 1.165) is 0 Å². The van der Waals surface area contributed by atoms with Crippen LogP contribution >= 0.6 is 0 Å². The van der Waals surface area contributed by atoms with Crippen molar-refractivity contribution in [3.05, 3.63) is 35.1 Å². The van der Waals surface area contributed by atoms with E-state index in [1.165, 1.54) is 6.07 Å². The van der Waals surface area contributed by atoms with Crippen molar-refractivity contribution < 1.29 is 23.5 Å². The summed E-state index contributed by atoms with van der Waals surface area (Å²) >= 11 is 0. The van der Waals surface area contributed by atoms with Gasteiger partial charge in [-0.15, -0.1) is 0 Å². The first-order chi connectivity index (χ1) is 14.0. The zero-order valence-electron chi connectivity index (χ0n) is 18.4. The summed E-state index contributed by atoms with van der Waals surface area (Å²) in [5.41, 5.74) is 0.640. The molecule has 1 atom stereocenters. The Morgan fingerprint density at radius 3 is 2.43 bits per heavy atom. The van der Waals surface area contributed by atoms with Crippen molar-refractivity contribution in [1.29, 1.82) is 0 Å². The summed E-state index contributed by atoms with van der Waals surface area (Å²) in [5.74, 6) is -0.779. The minimum Gasteiger partial charge on any atom is -0.444 e. The van der Waals surface area contributed by atoms with Crippen LogP contribution in [0.1, 0.15) is 51.7 Å². The molecule has 1 fully saturated rings. The number of ether oxygens (including phenoxy) is 1. The molecule has 1 aromatic rings. The van der Waals surface area contributed by atoms with Crippen molar-refractivity contribution in [3.8, 4) is 0 Å². The van der Waals surface area contributed by atoms with Crippen LogP contribution in [-0.4, -0.2) is 47.5 Å². The lowest BCUT2D eigenvalue weighted by atomic mass is 9.95. The quantitative estimate of drug-likeness (QED) is 0.765. The van der Waals surface area contributed by atoms with Gasteiger partial charge in [-0.25, -0.2) is 9.18 Å². The molecule has 2 rings (SSSR count). The third-order valence-corrected chi connectivity index (χ3v) is 4.98. The van der Waals surface area contributed by atoms with Gasteiger partial charge in [0.25, 0.3) is 0 Å². The number of nitrogens with one attached hydrogen (secondary N) is 2. The van der Waals surface area contributed by atoms with Crippen LogP contribution in [0.5, 0.6) is 0 Å². The Morgan fingerprint density at radius 1 is 1.23 bits per heavy atom. The van der Waals surface area contributed by atoms with Crippen LogP contribution in [0.3, 0.4) is 0 Å². The second-order valence-corrected chi connectivity index (χ2v) is 8.77. The zero-order valence-corrected chi connectivity index (χ0v) is 18.4. The van der Waals surface area contributed by atoms with Gasteiger partial charge in [0.05, 0.1) is 0 Å². The van der Waals surface area contributed by atoms with Crippen molar-refractivity contribution in [1.82, 2.24) is 15.5 Å². The molecule has 0 aliphatic carbocycles. The predicted molar refractivity (Wildman–Crippen MR) is 111 cm³/mol. The van der Waals surface area contributed by atoms with E-state index in [1.54, 1.807) is 51.7 Å². The monoisotopic (exact) mass is 421 g/mol. The third kappa shape index (κ3) is 7.00. The average molecular weight is 422 g/mol. The second kappa shape index (κ2) is 9.91. The van der Waals surface area contributed by atoms with E-state index in [-0.39, 0.29) is 30.1 Å². The van der Waals surface area contributed by atoms with E-state index in [4.69, 9.17) is 4.74 Å². The SMILES string of the molecule is Cc1ccc(CNC(=O)C2CCN(C(=O)[C@@H](C)NC(=O)OC(C)(C)C)CC2)cc1F. The highest BCUT2D eigenvalue weighted by Crippen LogP contribution is 2.19. The van der Waals surface area contributed by atoms with Crippen LogP contribution in [-0.2, 0) is 20.9 Å². The van der Waals surface area contributed by atoms with Gasteiger partial charge in [0.2, 0.25) is 11.8 Å². The summed E-state index contributed by atoms with van der Waals surface area (Å²) in [6.45, 7) is 9.72. The molecule has 0 spiro atoms. The van der Waals surface area contributed by atoms with Gasteiger partial charge in [-0.1, -0.05) is 12.1 Å². The fourth-order valence-electron chi connectivity index (χ4n) is 3.26. The molecular formula is C22H32FN3O4. The fraction of sp³-hybridized carbons (Fsp3) is 0.591. The molecule has 3 amide bonds. The minimum absolute atomic E-state index is 0.0944. The molecule has 2 N–H and O–H groups in total. The number of likely N-dealkylation sites (tertiary alicyclic amines) is 1. The smallest absolute Gasteiger partial charge is 0.408 e. The standard InChI is InChI=1S/C22H32FN3O4/c1-14-6-7-16(12-18(14)23)13-24-19(27)17-8-10-26(11-9-17)20(28)15(2)25-21(29)30-22(3,4)5/h6-7,12,15,17H,8-11,13H2,1-5H3,(H,24,27)(H,25,29)/t15-/m1/s1. The Balaban J connectivity index is 1.77. The van der Waals surface area contributed by atoms with Crippen LogP contribution in [0, 0.1) is 18.7 Å². The number of aryl methyl sites for hydroxylation is 1. The molecule has 7 nitrogen and oxygen atoms in total. The summed E-state index contributed by atoms with van der Waals surface area (Å²) in [6.07, 6.45) is 0.447. The second-order valence-electron chi connectivity index (χ2n) is 8.77. The normalized spacial score (nSPS) is 16.0. The number of carbonyl (C=O) groups excluding carboxylic acids is 3. The molecule has 8 heteroatoms. The van der Waals surface area contributed by atoms with Crippen LogP contribution in [0.25, 0.3) is 0 Å². The molecule has 0 saturated carbocycles. The van der Waals surface area contributed by atoms with E-state index >= 15 is 0 Å². The summed E-state index contributed by atoms with van der Waals surface area (Å²) in [7, 11) is 0. The fourth-order valence-corrected chi connectivity index (χ4v) is 3.26. The summed E-state index contributed by atoms with van der Waals surface area (Å²) in [4.78, 5) is 38.5. The highest BCUT2D eigenvalue weighted by atomic mass is 19.1. The third-order valence-electron chi connectivity index (χ3n) is 4.98. The number of benzene rings is 1. The van der Waals surface area contributed by atoms with Crippen molar-refractivity contribution in [2.24, 2.45) is 5.92 Å². The predicted octanol–water partition coefficient (Wildman–Crippen LogP) is 2.90. The molecule has 0 aromatic heterocycles. The van der Waals surface area contributed by atoms with Gasteiger partial charge in [0.15, 0.2) is 0 Å². The van der Waals surface area contributed by atoms with Gasteiger partial charge in [-0.3, -0.25) is 9.59 Å². The number of nitrogens with zero attached hydrogens (tertiary/aromatic N) is 1. The van der Waals surface area contributed by atoms with Gasteiger partial charge in [0, 0.05) is 25.6 Å². The van der Waals surface area contributed by atoms with E-state index in [0.29, 0.717) is 37.1 Å². The Kier molecular flexibility index (Phi) is 7.81. The number of piperidine rings is 1. The largest absolute Gasteiger partial charge is 0.444 e. The number of carbonyl (C=O) groups is 3. The zero-order chi connectivity index (χ0) is 22.5. The first-order valence-electron chi connectivity index (χ1n) is 10.3. The van der Waals surface area contributed by atoms with E-state index < -0.39 is 17.7 Å². The number of amides is 3. The highest BCUT2D eigenvalue weighted by Gasteiger charge is 2.30. The lowest BCUT2D eigenvalue weighted by Gasteiger charge is -2.33. The van der Waals surface area contributed by atoms with Crippen LogP contribution in [0.4, 0.5) is 9.18 Å². The maximum atomic E-state index is 13.6. The van der Waals surface area contributed by atoms with Crippen molar-refractivity contribution >= 4 is 17.9 Å². The first kappa shape index (κ1) is 23.6. The van der Waals surface area contributed by atoms with Crippen LogP contribution in [0.15, 0.2) is 18.2 Å². The van der Waals surface area contributed by atoms with Crippen molar-refractivity contribution in [2.45, 2.75) is 65.6 Å². The maximum absolute atomic E-state index is 13.6. The lowest BCUT2D eigenvalue weighted by molar-refractivity contribution is -0.137. The molecule has 1 saturated heterocycles. The molecule has 1 aromatic carbocycles. The van der Waals surface area contributed by atoms with E-state index in [1.807, 2.05) is 0 Å². The number of hydrogen-bond acceptors (Lipinski definition) is 4. The van der Waals surface area contributed by atoms with Crippen molar-refractivity contribution in [3.63, 3.8) is 0 Å². The topological polar surface area (TPSA) is 87.7 Å². The number of halogens is 1. The molecule has 0 radical (unpaired) electrons. The Bertz CT molecular complexity index is 783. The summed E-state index contributed by atoms with van der Waals surface area (Å²) in [5, 5.41) is 5.40. The Hall–Kier alpha value is -2.64. The maximum Gasteiger partial charge on any atom is 0.408 e. The Morgan fingerprint density at radius 2 is 1.87 bits per heavy atom. The molecule has 166 valence electrons. The van der Waals surface area contributed by atoms with Crippen LogP contribution < -0.4 is 10.6 Å². The molecule has 1 aliphatic heterocycles. The van der Waals surface area contributed by atoms with Gasteiger partial charge in [-0.05, 0) is 64.7 Å². The highest BCUT2D eigenvalue weighted by molar-refractivity contribution is 5.86. The number of alkyl carbamates (subject to hydrolysis) is 1. The molecule has 1 heterocycles. The molecule has 0 bridgehead atoms. The number of hydrogen-bond donors (Lipinski definition) is 2. The van der Waals surface area contributed by atoms with E-state index in [2.05, 4.69) is 10.6 Å². The van der Waals surface area contributed by atoms with Gasteiger partial charge in [0.1, 0.15) is 17.5 Å². The first-order valence-corrected chi connectivity index (χ1v) is 10.3. The summed E-state index contributed by atoms with van der Waals surface area (Å²) < 4.78 is 18.8. The molecule has 30 heavy (non-hydrogen) atoms. The summed E-state index contributed by atoms with van der Waals surface area (Å²) in [6, 6.07) is 4.20. The number of rotatable bonds is 5. The van der Waals surface area contributed by atoms with Gasteiger partial charge >= 0.3 is 6.09 Å². The Labute approximate surface area is 177 Å². The molecule has 0 unspecified atom stereocenters. The minimum atomic E-state index is -0.707. The molecular weight excluding hydrogens is 389 g/mol. The average Bonchev–Trinajstić information content (AvgIpc) is 2.66. The molecule has 1 aliphatic rings. The van der Waals surface area contributed by atoms with E-state index in [9.17, 15) is 18.8 Å². The lowest BCUT2D eigenvalue weighted by Crippen LogP contribution is -2.51. The van der Waals surface area contributed by atoms with Crippen LogP contribution in [0.2, 0.25) is 0 Å². The van der Waals surface area contributed by atoms with Crippen molar-refractivity contribution in [2.75, 3.05) is 13.1 Å².